The highest BCUT2D eigenvalue weighted by molar-refractivity contribution is 5.96. The van der Waals surface area contributed by atoms with Gasteiger partial charge in [0, 0.05) is 31.0 Å². The maximum atomic E-state index is 12.6. The summed E-state index contributed by atoms with van der Waals surface area (Å²) >= 11 is 0. The van der Waals surface area contributed by atoms with Gasteiger partial charge in [-0.25, -0.2) is 4.79 Å². The van der Waals surface area contributed by atoms with E-state index in [9.17, 15) is 9.59 Å². The molecule has 0 aromatic carbocycles. The molecule has 6 heteroatoms. The Bertz CT molecular complexity index is 649. The summed E-state index contributed by atoms with van der Waals surface area (Å²) in [5, 5.41) is 0. The molecule has 0 aliphatic heterocycles. The van der Waals surface area contributed by atoms with Crippen LogP contribution in [-0.2, 0) is 11.3 Å². The van der Waals surface area contributed by atoms with Crippen LogP contribution in [0.25, 0.3) is 0 Å². The van der Waals surface area contributed by atoms with Crippen LogP contribution in [0.4, 0.5) is 0 Å². The maximum absolute atomic E-state index is 12.6. The molecule has 0 radical (unpaired) electrons. The number of carbonyl (C=O) groups excluding carboxylic acids is 2. The fraction of sp³-hybridized carbons (Fsp3) is 0.312. The molecule has 6 nitrogen and oxygen atoms in total. The second kappa shape index (κ2) is 6.89. The van der Waals surface area contributed by atoms with E-state index in [1.807, 2.05) is 26.0 Å². The molecule has 2 aromatic heterocycles. The topological polar surface area (TPSA) is 72.6 Å². The van der Waals surface area contributed by atoms with Crippen LogP contribution in [0.5, 0.6) is 0 Å². The van der Waals surface area contributed by atoms with Gasteiger partial charge in [-0.05, 0) is 25.5 Å². The molecule has 22 heavy (non-hydrogen) atoms. The van der Waals surface area contributed by atoms with Crippen LogP contribution >= 0.6 is 0 Å². The predicted octanol–water partition coefficient (Wildman–Crippen LogP) is 2.51. The van der Waals surface area contributed by atoms with Crippen LogP contribution in [-0.4, -0.2) is 34.9 Å². The van der Waals surface area contributed by atoms with E-state index in [2.05, 4.69) is 9.72 Å². The number of nitrogens with zero attached hydrogens (tertiary/aromatic N) is 2. The third-order valence-corrected chi connectivity index (χ3v) is 3.19. The Hall–Kier alpha value is -2.63. The van der Waals surface area contributed by atoms with Crippen LogP contribution in [0.15, 0.2) is 41.3 Å². The Morgan fingerprint density at radius 3 is 2.77 bits per heavy atom. The monoisotopic (exact) mass is 302 g/mol. The minimum atomic E-state index is -0.536. The van der Waals surface area contributed by atoms with Gasteiger partial charge in [-0.15, -0.1) is 0 Å². The third kappa shape index (κ3) is 3.52. The molecular weight excluding hydrogens is 284 g/mol. The van der Waals surface area contributed by atoms with Crippen LogP contribution in [0, 0.1) is 0 Å². The molecule has 2 rings (SSSR count). The largest absolute Gasteiger partial charge is 0.465 e. The van der Waals surface area contributed by atoms with Crippen molar-refractivity contribution in [3.05, 3.63) is 53.7 Å². The maximum Gasteiger partial charge on any atom is 0.341 e. The molecule has 0 fully saturated rings. The molecule has 0 aliphatic rings. The lowest BCUT2D eigenvalue weighted by Crippen LogP contribution is -2.36. The van der Waals surface area contributed by atoms with E-state index < -0.39 is 5.97 Å². The molecule has 116 valence electrons. The summed E-state index contributed by atoms with van der Waals surface area (Å²) in [5.74, 6) is -0.710. The quantitative estimate of drug-likeness (QED) is 0.793. The minimum Gasteiger partial charge on any atom is -0.465 e. The van der Waals surface area contributed by atoms with Crippen LogP contribution < -0.4 is 0 Å². The van der Waals surface area contributed by atoms with Gasteiger partial charge in [0.05, 0.1) is 12.7 Å². The number of pyridine rings is 1. The summed E-state index contributed by atoms with van der Waals surface area (Å²) in [6, 6.07) is 5.09. The molecule has 0 aliphatic carbocycles. The van der Waals surface area contributed by atoms with Crippen molar-refractivity contribution in [2.45, 2.75) is 26.4 Å². The second-order valence-electron chi connectivity index (χ2n) is 5.08. The number of methoxy groups -OCH3 is 1. The third-order valence-electron chi connectivity index (χ3n) is 3.19. The summed E-state index contributed by atoms with van der Waals surface area (Å²) in [5.41, 5.74) is 1.14. The van der Waals surface area contributed by atoms with Crippen molar-refractivity contribution in [1.29, 1.82) is 0 Å². The number of esters is 1. The number of ether oxygens (including phenoxy) is 1. The van der Waals surface area contributed by atoms with Gasteiger partial charge in [0.25, 0.3) is 5.91 Å². The molecule has 1 amide bonds. The van der Waals surface area contributed by atoms with E-state index in [4.69, 9.17) is 4.42 Å². The van der Waals surface area contributed by atoms with Gasteiger partial charge >= 0.3 is 5.97 Å². The Kier molecular flexibility index (Phi) is 4.93. The number of rotatable bonds is 5. The lowest BCUT2D eigenvalue weighted by atomic mass is 10.2. The summed E-state index contributed by atoms with van der Waals surface area (Å²) in [4.78, 5) is 29.7. The van der Waals surface area contributed by atoms with E-state index >= 15 is 0 Å². The second-order valence-corrected chi connectivity index (χ2v) is 5.08. The zero-order valence-corrected chi connectivity index (χ0v) is 12.8. The van der Waals surface area contributed by atoms with E-state index in [-0.39, 0.29) is 23.3 Å². The van der Waals surface area contributed by atoms with Crippen molar-refractivity contribution in [2.24, 2.45) is 0 Å². The van der Waals surface area contributed by atoms with E-state index in [1.165, 1.54) is 19.4 Å². The lowest BCUT2D eigenvalue weighted by Gasteiger charge is -2.25. The number of furan rings is 1. The molecule has 2 aromatic rings. The van der Waals surface area contributed by atoms with Gasteiger partial charge in [-0.2, -0.15) is 0 Å². The Morgan fingerprint density at radius 1 is 1.41 bits per heavy atom. The van der Waals surface area contributed by atoms with Crippen molar-refractivity contribution in [3.63, 3.8) is 0 Å². The van der Waals surface area contributed by atoms with E-state index in [1.54, 1.807) is 17.3 Å². The average Bonchev–Trinajstić information content (AvgIpc) is 3.02. The number of hydrogen-bond acceptors (Lipinski definition) is 5. The first-order valence-corrected chi connectivity index (χ1v) is 6.89. The highest BCUT2D eigenvalue weighted by atomic mass is 16.5. The molecule has 0 spiro atoms. The van der Waals surface area contributed by atoms with Crippen LogP contribution in [0.2, 0.25) is 0 Å². The Morgan fingerprint density at radius 2 is 2.18 bits per heavy atom. The average molecular weight is 302 g/mol. The van der Waals surface area contributed by atoms with Gasteiger partial charge in [0.2, 0.25) is 0 Å². The summed E-state index contributed by atoms with van der Waals surface area (Å²) in [6.07, 6.45) is 4.62. The van der Waals surface area contributed by atoms with Crippen LogP contribution in [0.3, 0.4) is 0 Å². The van der Waals surface area contributed by atoms with Crippen molar-refractivity contribution in [3.8, 4) is 0 Å². The van der Waals surface area contributed by atoms with E-state index in [0.717, 1.165) is 5.56 Å². The standard InChI is InChI=1S/C16H18N2O4/c1-11(2)18(9-12-5-4-6-17-8-12)15(19)14-7-13(10-22-14)16(20)21-3/h4-8,10-11H,9H2,1-3H3. The van der Waals surface area contributed by atoms with Gasteiger partial charge in [-0.1, -0.05) is 6.07 Å². The van der Waals surface area contributed by atoms with Gasteiger partial charge < -0.3 is 14.1 Å². The van der Waals surface area contributed by atoms with Crippen molar-refractivity contribution >= 4 is 11.9 Å². The molecule has 0 bridgehead atoms. The molecular formula is C16H18N2O4. The smallest absolute Gasteiger partial charge is 0.341 e. The lowest BCUT2D eigenvalue weighted by molar-refractivity contribution is 0.0599. The zero-order valence-electron chi connectivity index (χ0n) is 12.8. The van der Waals surface area contributed by atoms with Crippen molar-refractivity contribution in [2.75, 3.05) is 7.11 Å². The molecule has 0 saturated heterocycles. The van der Waals surface area contributed by atoms with Crippen LogP contribution in [0.1, 0.15) is 40.3 Å². The minimum absolute atomic E-state index is 0.0283. The van der Waals surface area contributed by atoms with Gasteiger partial charge in [0.15, 0.2) is 5.76 Å². The fourth-order valence-corrected chi connectivity index (χ4v) is 1.99. The number of aromatic nitrogens is 1. The summed E-state index contributed by atoms with van der Waals surface area (Å²) in [6.45, 7) is 4.25. The van der Waals surface area contributed by atoms with Gasteiger partial charge in [0.1, 0.15) is 6.26 Å². The summed E-state index contributed by atoms with van der Waals surface area (Å²) < 4.78 is 9.81. The SMILES string of the molecule is COC(=O)c1coc(C(=O)N(Cc2cccnc2)C(C)C)c1. The molecule has 0 N–H and O–H groups in total. The van der Waals surface area contributed by atoms with Crippen molar-refractivity contribution in [1.82, 2.24) is 9.88 Å². The first-order valence-electron chi connectivity index (χ1n) is 6.89. The predicted molar refractivity (Wildman–Crippen MR) is 79.3 cm³/mol. The first-order chi connectivity index (χ1) is 10.5. The fourth-order valence-electron chi connectivity index (χ4n) is 1.99. The molecule has 0 atom stereocenters. The first kappa shape index (κ1) is 15.8. The highest BCUT2D eigenvalue weighted by Gasteiger charge is 2.23. The number of amides is 1. The Labute approximate surface area is 128 Å². The summed E-state index contributed by atoms with van der Waals surface area (Å²) in [7, 11) is 1.28. The van der Waals surface area contributed by atoms with Crippen molar-refractivity contribution < 1.29 is 18.7 Å². The molecule has 0 unspecified atom stereocenters. The number of hydrogen-bond donors (Lipinski definition) is 0. The molecule has 0 saturated carbocycles. The van der Waals surface area contributed by atoms with Gasteiger partial charge in [-0.3, -0.25) is 9.78 Å². The number of carbonyl (C=O) groups is 2. The Balaban J connectivity index is 2.19. The highest BCUT2D eigenvalue weighted by Crippen LogP contribution is 2.16. The zero-order chi connectivity index (χ0) is 16.1. The van der Waals surface area contributed by atoms with E-state index in [0.29, 0.717) is 6.54 Å². The molecule has 2 heterocycles. The normalized spacial score (nSPS) is 10.5.